The SMILES string of the molecule is CCc1nc(CC2CCC(N)CC2)n(Cc2ccc(-c3ccccc3-c3nnn[nH]3)cc2)n1. The molecule has 0 amide bonds. The Balaban J connectivity index is 1.35. The molecular formula is C25H30N8. The number of rotatable bonds is 7. The fraction of sp³-hybridized carbons (Fsp3) is 0.400. The Morgan fingerprint density at radius 1 is 1.00 bits per heavy atom. The van der Waals surface area contributed by atoms with Gasteiger partial charge >= 0.3 is 0 Å². The Morgan fingerprint density at radius 3 is 2.45 bits per heavy atom. The molecule has 170 valence electrons. The van der Waals surface area contributed by atoms with Gasteiger partial charge in [-0.2, -0.15) is 5.10 Å². The molecule has 0 radical (unpaired) electrons. The van der Waals surface area contributed by atoms with Crippen molar-refractivity contribution in [2.45, 2.75) is 58.0 Å². The summed E-state index contributed by atoms with van der Waals surface area (Å²) in [6.07, 6.45) is 6.44. The number of nitrogens with one attached hydrogen (secondary N) is 1. The van der Waals surface area contributed by atoms with E-state index < -0.39 is 0 Å². The smallest absolute Gasteiger partial charge is 0.180 e. The van der Waals surface area contributed by atoms with E-state index in [0.29, 0.717) is 17.8 Å². The number of tetrazole rings is 1. The Bertz CT molecular complexity index is 1170. The first-order valence-corrected chi connectivity index (χ1v) is 11.8. The quantitative estimate of drug-likeness (QED) is 0.450. The molecule has 33 heavy (non-hydrogen) atoms. The summed E-state index contributed by atoms with van der Waals surface area (Å²) in [5.41, 5.74) is 10.5. The Morgan fingerprint density at radius 2 is 1.76 bits per heavy atom. The number of aromatic amines is 1. The first-order chi connectivity index (χ1) is 16.2. The Labute approximate surface area is 193 Å². The molecule has 2 aromatic carbocycles. The van der Waals surface area contributed by atoms with Crippen molar-refractivity contribution in [1.82, 2.24) is 35.4 Å². The highest BCUT2D eigenvalue weighted by Gasteiger charge is 2.21. The van der Waals surface area contributed by atoms with Gasteiger partial charge in [-0.25, -0.2) is 14.8 Å². The van der Waals surface area contributed by atoms with Gasteiger partial charge in [-0.3, -0.25) is 0 Å². The van der Waals surface area contributed by atoms with E-state index in [0.717, 1.165) is 60.6 Å². The van der Waals surface area contributed by atoms with Crippen LogP contribution in [0.3, 0.4) is 0 Å². The predicted octanol–water partition coefficient (Wildman–Crippen LogP) is 3.80. The van der Waals surface area contributed by atoms with Gasteiger partial charge in [0.1, 0.15) is 5.82 Å². The van der Waals surface area contributed by atoms with Gasteiger partial charge in [-0.05, 0) is 58.7 Å². The highest BCUT2D eigenvalue weighted by molar-refractivity contribution is 5.80. The minimum Gasteiger partial charge on any atom is -0.328 e. The van der Waals surface area contributed by atoms with E-state index in [2.05, 4.69) is 62.6 Å². The average molecular weight is 443 g/mol. The molecule has 0 spiro atoms. The van der Waals surface area contributed by atoms with Gasteiger partial charge < -0.3 is 5.73 Å². The lowest BCUT2D eigenvalue weighted by Gasteiger charge is -2.25. The van der Waals surface area contributed by atoms with E-state index in [-0.39, 0.29) is 0 Å². The third-order valence-corrected chi connectivity index (χ3v) is 6.60. The van der Waals surface area contributed by atoms with E-state index in [1.807, 2.05) is 18.2 Å². The maximum Gasteiger partial charge on any atom is 0.180 e. The Kier molecular flexibility index (Phi) is 6.26. The van der Waals surface area contributed by atoms with Crippen LogP contribution in [0.1, 0.15) is 49.8 Å². The monoisotopic (exact) mass is 442 g/mol. The van der Waals surface area contributed by atoms with Crippen molar-refractivity contribution in [1.29, 1.82) is 0 Å². The van der Waals surface area contributed by atoms with Crippen LogP contribution in [0, 0.1) is 5.92 Å². The molecule has 2 aromatic heterocycles. The second-order valence-corrected chi connectivity index (χ2v) is 8.93. The third-order valence-electron chi connectivity index (χ3n) is 6.60. The van der Waals surface area contributed by atoms with Crippen LogP contribution in [0.4, 0.5) is 0 Å². The van der Waals surface area contributed by atoms with Crippen molar-refractivity contribution >= 4 is 0 Å². The highest BCUT2D eigenvalue weighted by Crippen LogP contribution is 2.30. The maximum absolute atomic E-state index is 6.09. The van der Waals surface area contributed by atoms with Crippen LogP contribution in [0.5, 0.6) is 0 Å². The van der Waals surface area contributed by atoms with Crippen molar-refractivity contribution in [2.75, 3.05) is 0 Å². The summed E-state index contributed by atoms with van der Waals surface area (Å²) in [4.78, 5) is 4.84. The summed E-state index contributed by atoms with van der Waals surface area (Å²) < 4.78 is 2.09. The number of nitrogens with zero attached hydrogens (tertiary/aromatic N) is 6. The standard InChI is InChI=1S/C25H30N8/c1-2-23-27-24(15-17-9-13-20(26)14-10-17)33(30-23)16-18-7-11-19(12-8-18)21-5-3-4-6-22(21)25-28-31-32-29-25/h3-8,11-12,17,20H,2,9-10,13-16,26H2,1H3,(H,28,29,31,32). The topological polar surface area (TPSA) is 111 Å². The van der Waals surface area contributed by atoms with Gasteiger partial charge in [0, 0.05) is 24.4 Å². The molecule has 1 aliphatic carbocycles. The van der Waals surface area contributed by atoms with Crippen molar-refractivity contribution < 1.29 is 0 Å². The van der Waals surface area contributed by atoms with Crippen molar-refractivity contribution in [2.24, 2.45) is 11.7 Å². The maximum atomic E-state index is 6.09. The molecular weight excluding hydrogens is 412 g/mol. The Hall–Kier alpha value is -3.39. The van der Waals surface area contributed by atoms with Gasteiger partial charge in [-0.15, -0.1) is 5.10 Å². The lowest BCUT2D eigenvalue weighted by atomic mass is 9.84. The fourth-order valence-corrected chi connectivity index (χ4v) is 4.68. The summed E-state index contributed by atoms with van der Waals surface area (Å²) >= 11 is 0. The van der Waals surface area contributed by atoms with Crippen molar-refractivity contribution in [3.63, 3.8) is 0 Å². The van der Waals surface area contributed by atoms with Gasteiger partial charge in [-0.1, -0.05) is 55.5 Å². The summed E-state index contributed by atoms with van der Waals surface area (Å²) in [7, 11) is 0. The zero-order valence-corrected chi connectivity index (χ0v) is 19.0. The minimum absolute atomic E-state index is 0.370. The number of aromatic nitrogens is 7. The molecule has 8 nitrogen and oxygen atoms in total. The van der Waals surface area contributed by atoms with Crippen molar-refractivity contribution in [3.05, 3.63) is 65.7 Å². The minimum atomic E-state index is 0.370. The van der Waals surface area contributed by atoms with E-state index in [1.54, 1.807) is 0 Å². The first-order valence-electron chi connectivity index (χ1n) is 11.8. The normalized spacial score (nSPS) is 18.5. The van der Waals surface area contributed by atoms with Gasteiger partial charge in [0.2, 0.25) is 0 Å². The van der Waals surface area contributed by atoms with Crippen LogP contribution in [-0.4, -0.2) is 41.4 Å². The van der Waals surface area contributed by atoms with Crippen LogP contribution in [0.2, 0.25) is 0 Å². The summed E-state index contributed by atoms with van der Waals surface area (Å²) in [5, 5.41) is 19.2. The van der Waals surface area contributed by atoms with E-state index in [9.17, 15) is 0 Å². The van der Waals surface area contributed by atoms with Crippen molar-refractivity contribution in [3.8, 4) is 22.5 Å². The number of hydrogen-bond acceptors (Lipinski definition) is 6. The molecule has 4 aromatic rings. The van der Waals surface area contributed by atoms with E-state index >= 15 is 0 Å². The first kappa shape index (κ1) is 21.5. The molecule has 1 fully saturated rings. The van der Waals surface area contributed by atoms with Gasteiger partial charge in [0.15, 0.2) is 11.6 Å². The molecule has 0 saturated heterocycles. The van der Waals surface area contributed by atoms with Crippen LogP contribution < -0.4 is 5.73 Å². The molecule has 1 saturated carbocycles. The second kappa shape index (κ2) is 9.62. The van der Waals surface area contributed by atoms with Gasteiger partial charge in [0.25, 0.3) is 0 Å². The largest absolute Gasteiger partial charge is 0.328 e. The summed E-state index contributed by atoms with van der Waals surface area (Å²) in [6, 6.07) is 17.1. The number of H-pyrrole nitrogens is 1. The number of aryl methyl sites for hydroxylation is 1. The molecule has 1 aliphatic rings. The van der Waals surface area contributed by atoms with E-state index in [4.69, 9.17) is 15.8 Å². The highest BCUT2D eigenvalue weighted by atomic mass is 15.5. The zero-order chi connectivity index (χ0) is 22.6. The average Bonchev–Trinajstić information content (AvgIpc) is 3.52. The molecule has 0 unspecified atom stereocenters. The van der Waals surface area contributed by atoms with Gasteiger partial charge in [0.05, 0.1) is 6.54 Å². The second-order valence-electron chi connectivity index (χ2n) is 8.93. The van der Waals surface area contributed by atoms with Crippen LogP contribution in [-0.2, 0) is 19.4 Å². The zero-order valence-electron chi connectivity index (χ0n) is 19.0. The van der Waals surface area contributed by atoms with Crippen LogP contribution in [0.15, 0.2) is 48.5 Å². The third kappa shape index (κ3) is 4.85. The van der Waals surface area contributed by atoms with E-state index in [1.165, 1.54) is 18.4 Å². The molecule has 0 atom stereocenters. The number of hydrogen-bond donors (Lipinski definition) is 2. The number of nitrogens with two attached hydrogens (primary N) is 1. The molecule has 3 N–H and O–H groups in total. The molecule has 5 rings (SSSR count). The number of benzene rings is 2. The van der Waals surface area contributed by atoms with Crippen LogP contribution in [0.25, 0.3) is 22.5 Å². The lowest BCUT2D eigenvalue weighted by Crippen LogP contribution is -2.27. The lowest BCUT2D eigenvalue weighted by molar-refractivity contribution is 0.317. The molecule has 8 heteroatoms. The van der Waals surface area contributed by atoms with Crippen LogP contribution >= 0.6 is 0 Å². The summed E-state index contributed by atoms with van der Waals surface area (Å²) in [5.74, 6) is 3.34. The molecule has 0 bridgehead atoms. The fourth-order valence-electron chi connectivity index (χ4n) is 4.68. The predicted molar refractivity (Wildman–Crippen MR) is 127 cm³/mol. The molecule has 2 heterocycles. The summed E-state index contributed by atoms with van der Waals surface area (Å²) in [6.45, 7) is 2.84. The molecule has 0 aliphatic heterocycles.